The summed E-state index contributed by atoms with van der Waals surface area (Å²) in [5.41, 5.74) is 8.75. The molecule has 0 spiro atoms. The smallest absolute Gasteiger partial charge is 0.100 e. The van der Waals surface area contributed by atoms with Crippen molar-refractivity contribution in [3.63, 3.8) is 0 Å². The molecule has 0 aliphatic carbocycles. The Labute approximate surface area is 185 Å². The molecule has 6 aromatic rings. The summed E-state index contributed by atoms with van der Waals surface area (Å²) in [5, 5.41) is 0. The Morgan fingerprint density at radius 3 is 1.31 bits per heavy atom. The zero-order valence-corrected chi connectivity index (χ0v) is 17.3. The molecule has 2 aromatic heterocycles. The molecule has 0 amide bonds. The van der Waals surface area contributed by atoms with Gasteiger partial charge in [0.1, 0.15) is 12.7 Å². The van der Waals surface area contributed by atoms with E-state index in [0.29, 0.717) is 0 Å². The topological polar surface area (TPSA) is 35.6 Å². The zero-order valence-electron chi connectivity index (χ0n) is 17.3. The molecule has 0 saturated carbocycles. The van der Waals surface area contributed by atoms with Gasteiger partial charge in [-0.15, -0.1) is 0 Å². The molecule has 0 atom stereocenters. The predicted molar refractivity (Wildman–Crippen MR) is 131 cm³/mol. The highest BCUT2D eigenvalue weighted by molar-refractivity contribution is 5.78. The van der Waals surface area contributed by atoms with Crippen LogP contribution in [0, 0.1) is 0 Å². The van der Waals surface area contributed by atoms with Gasteiger partial charge in [0.15, 0.2) is 0 Å². The van der Waals surface area contributed by atoms with Gasteiger partial charge in [0.05, 0.1) is 22.1 Å². The van der Waals surface area contributed by atoms with Crippen LogP contribution in [0.25, 0.3) is 45.6 Å². The van der Waals surface area contributed by atoms with Crippen molar-refractivity contribution in [2.24, 2.45) is 0 Å². The maximum Gasteiger partial charge on any atom is 0.100 e. The molecule has 4 aromatic carbocycles. The second-order valence-electron chi connectivity index (χ2n) is 7.72. The highest BCUT2D eigenvalue weighted by Gasteiger charge is 2.04. The van der Waals surface area contributed by atoms with Crippen molar-refractivity contribution in [2.45, 2.75) is 0 Å². The predicted octanol–water partition coefficient (Wildman–Crippen LogP) is 6.53. The normalized spacial score (nSPS) is 11.6. The molecule has 2 heterocycles. The van der Waals surface area contributed by atoms with E-state index in [1.807, 2.05) is 49.1 Å². The van der Waals surface area contributed by atoms with Crippen molar-refractivity contribution in [3.8, 4) is 11.4 Å². The van der Waals surface area contributed by atoms with Crippen LogP contribution in [0.5, 0.6) is 0 Å². The van der Waals surface area contributed by atoms with Crippen molar-refractivity contribution < 1.29 is 0 Å². The van der Waals surface area contributed by atoms with Gasteiger partial charge >= 0.3 is 0 Å². The van der Waals surface area contributed by atoms with Crippen LogP contribution in [0.15, 0.2) is 110 Å². The van der Waals surface area contributed by atoms with E-state index in [2.05, 4.69) is 91.9 Å². The summed E-state index contributed by atoms with van der Waals surface area (Å²) in [6, 6.07) is 33.4. The van der Waals surface area contributed by atoms with Gasteiger partial charge in [-0.05, 0) is 59.7 Å². The van der Waals surface area contributed by atoms with E-state index in [-0.39, 0.29) is 0 Å². The molecule has 0 radical (unpaired) electrons. The van der Waals surface area contributed by atoms with E-state index in [1.54, 1.807) is 0 Å². The Morgan fingerprint density at radius 1 is 0.469 bits per heavy atom. The van der Waals surface area contributed by atoms with Crippen LogP contribution in [-0.4, -0.2) is 19.1 Å². The lowest BCUT2D eigenvalue weighted by atomic mass is 10.1. The van der Waals surface area contributed by atoms with Crippen LogP contribution in [0.4, 0.5) is 0 Å². The number of rotatable bonds is 4. The first kappa shape index (κ1) is 18.3. The van der Waals surface area contributed by atoms with Crippen molar-refractivity contribution >= 4 is 34.2 Å². The summed E-state index contributed by atoms with van der Waals surface area (Å²) in [6.07, 6.45) is 8.02. The zero-order chi connectivity index (χ0) is 21.3. The van der Waals surface area contributed by atoms with E-state index in [0.717, 1.165) is 44.6 Å². The second kappa shape index (κ2) is 7.67. The largest absolute Gasteiger partial charge is 0.299 e. The van der Waals surface area contributed by atoms with Crippen molar-refractivity contribution in [1.82, 2.24) is 19.1 Å². The van der Waals surface area contributed by atoms with Crippen LogP contribution < -0.4 is 0 Å². The summed E-state index contributed by atoms with van der Waals surface area (Å²) >= 11 is 0. The Bertz CT molecular complexity index is 1430. The van der Waals surface area contributed by atoms with Crippen molar-refractivity contribution in [3.05, 3.63) is 121 Å². The summed E-state index contributed by atoms with van der Waals surface area (Å²) in [4.78, 5) is 8.96. The van der Waals surface area contributed by atoms with Gasteiger partial charge in [0.2, 0.25) is 0 Å². The molecule has 0 aliphatic heterocycles. The Kier molecular flexibility index (Phi) is 4.40. The van der Waals surface area contributed by atoms with E-state index >= 15 is 0 Å². The maximum absolute atomic E-state index is 4.48. The van der Waals surface area contributed by atoms with Gasteiger partial charge < -0.3 is 0 Å². The summed E-state index contributed by atoms with van der Waals surface area (Å²) in [5.74, 6) is 0. The number of hydrogen-bond donors (Lipinski definition) is 0. The van der Waals surface area contributed by atoms with Gasteiger partial charge in [-0.3, -0.25) is 9.13 Å². The lowest BCUT2D eigenvalue weighted by molar-refractivity contribution is 1.09. The highest BCUT2D eigenvalue weighted by Crippen LogP contribution is 2.21. The van der Waals surface area contributed by atoms with Crippen LogP contribution in [0.2, 0.25) is 0 Å². The number of fused-ring (bicyclic) bond motifs is 2. The average molecular weight is 412 g/mol. The number of para-hydroxylation sites is 4. The molecule has 0 unspecified atom stereocenters. The lowest BCUT2D eigenvalue weighted by Gasteiger charge is -2.05. The van der Waals surface area contributed by atoms with Crippen LogP contribution >= 0.6 is 0 Å². The van der Waals surface area contributed by atoms with E-state index < -0.39 is 0 Å². The van der Waals surface area contributed by atoms with Crippen molar-refractivity contribution in [2.75, 3.05) is 0 Å². The minimum absolute atomic E-state index is 1.00. The minimum atomic E-state index is 1.00. The number of hydrogen-bond acceptors (Lipinski definition) is 2. The number of imidazole rings is 2. The molecule has 0 N–H and O–H groups in total. The third-order valence-corrected chi connectivity index (χ3v) is 5.72. The minimum Gasteiger partial charge on any atom is -0.299 e. The van der Waals surface area contributed by atoms with E-state index in [4.69, 9.17) is 0 Å². The molecule has 152 valence electrons. The molecule has 32 heavy (non-hydrogen) atoms. The molecular weight excluding hydrogens is 392 g/mol. The highest BCUT2D eigenvalue weighted by atomic mass is 15.1. The van der Waals surface area contributed by atoms with E-state index in [9.17, 15) is 0 Å². The first-order valence-corrected chi connectivity index (χ1v) is 10.6. The quantitative estimate of drug-likeness (QED) is 0.308. The summed E-state index contributed by atoms with van der Waals surface area (Å²) in [7, 11) is 0. The standard InChI is InChI=1S/C28H20N4/c1-3-7-27-25(5-1)29-19-31(27)23-15-11-21(12-16-23)9-10-22-13-17-24(18-14-22)32-20-30-26-6-2-4-8-28(26)32/h1-20H. The third-order valence-electron chi connectivity index (χ3n) is 5.72. The number of benzene rings is 4. The molecule has 0 bridgehead atoms. The molecule has 0 saturated heterocycles. The molecule has 4 nitrogen and oxygen atoms in total. The Hall–Kier alpha value is -4.44. The monoisotopic (exact) mass is 412 g/mol. The molecule has 4 heteroatoms. The van der Waals surface area contributed by atoms with Gasteiger partial charge in [-0.2, -0.15) is 0 Å². The Balaban J connectivity index is 1.22. The first-order valence-electron chi connectivity index (χ1n) is 10.6. The van der Waals surface area contributed by atoms with Crippen LogP contribution in [0.3, 0.4) is 0 Å². The summed E-state index contributed by atoms with van der Waals surface area (Å²) < 4.78 is 4.22. The first-order chi connectivity index (χ1) is 15.8. The molecule has 0 fully saturated rings. The van der Waals surface area contributed by atoms with Gasteiger partial charge in [-0.1, -0.05) is 60.7 Å². The van der Waals surface area contributed by atoms with E-state index in [1.165, 1.54) is 0 Å². The fourth-order valence-corrected chi connectivity index (χ4v) is 4.01. The number of nitrogens with zero attached hydrogens (tertiary/aromatic N) is 4. The summed E-state index contributed by atoms with van der Waals surface area (Å²) in [6.45, 7) is 0. The lowest BCUT2D eigenvalue weighted by Crippen LogP contribution is -1.91. The SMILES string of the molecule is C(=Cc1ccc(-n2cnc3ccccc32)cc1)c1ccc(-n2cnc3ccccc32)cc1. The van der Waals surface area contributed by atoms with Crippen LogP contribution in [0.1, 0.15) is 11.1 Å². The van der Waals surface area contributed by atoms with Crippen LogP contribution in [-0.2, 0) is 0 Å². The number of aromatic nitrogens is 4. The van der Waals surface area contributed by atoms with Gasteiger partial charge in [-0.25, -0.2) is 9.97 Å². The Morgan fingerprint density at radius 2 is 0.875 bits per heavy atom. The van der Waals surface area contributed by atoms with Gasteiger partial charge in [0.25, 0.3) is 0 Å². The van der Waals surface area contributed by atoms with Crippen molar-refractivity contribution in [1.29, 1.82) is 0 Å². The molecule has 6 rings (SSSR count). The molecule has 0 aliphatic rings. The third kappa shape index (κ3) is 3.28. The van der Waals surface area contributed by atoms with Gasteiger partial charge in [0, 0.05) is 11.4 Å². The fraction of sp³-hybridized carbons (Fsp3) is 0. The second-order valence-corrected chi connectivity index (χ2v) is 7.72. The fourth-order valence-electron chi connectivity index (χ4n) is 4.01. The maximum atomic E-state index is 4.48. The average Bonchev–Trinajstić information content (AvgIpc) is 3.48. The molecular formula is C28H20N4.